The van der Waals surface area contributed by atoms with Crippen LogP contribution in [0.1, 0.15) is 43.5 Å². The number of halogens is 3. The van der Waals surface area contributed by atoms with Gasteiger partial charge in [-0.1, -0.05) is 26.0 Å². The van der Waals surface area contributed by atoms with Gasteiger partial charge < -0.3 is 10.6 Å². The van der Waals surface area contributed by atoms with Gasteiger partial charge in [-0.3, -0.25) is 24.1 Å². The minimum atomic E-state index is -4.52. The van der Waals surface area contributed by atoms with Crippen molar-refractivity contribution >= 4 is 29.3 Å². The number of rotatable bonds is 7. The van der Waals surface area contributed by atoms with Gasteiger partial charge in [0.2, 0.25) is 17.7 Å². The number of nitrogens with one attached hydrogen (secondary N) is 2. The van der Waals surface area contributed by atoms with Crippen LogP contribution < -0.4 is 10.6 Å². The van der Waals surface area contributed by atoms with E-state index in [1.807, 2.05) is 26.0 Å². The van der Waals surface area contributed by atoms with Gasteiger partial charge in [-0.15, -0.1) is 0 Å². The first kappa shape index (κ1) is 24.5. The first-order valence-electron chi connectivity index (χ1n) is 10.8. The molecule has 1 fully saturated rings. The van der Waals surface area contributed by atoms with E-state index in [1.54, 1.807) is 5.32 Å². The molecule has 3 atom stereocenters. The lowest BCUT2D eigenvalue weighted by Crippen LogP contribution is -2.48. The molecular weight excluding hydrogens is 439 g/mol. The highest BCUT2D eigenvalue weighted by atomic mass is 19.4. The molecule has 1 aromatic carbocycles. The molecule has 2 N–H and O–H groups in total. The number of fused-ring (bicyclic) bond motifs is 1. The molecule has 178 valence electrons. The van der Waals surface area contributed by atoms with E-state index in [1.165, 1.54) is 24.3 Å². The smallest absolute Gasteiger partial charge is 0.343 e. The van der Waals surface area contributed by atoms with Crippen molar-refractivity contribution in [1.82, 2.24) is 10.2 Å². The summed E-state index contributed by atoms with van der Waals surface area (Å²) >= 11 is 0. The number of carbonyl (C=O) groups is 4. The van der Waals surface area contributed by atoms with Crippen LogP contribution in [0.4, 0.5) is 18.9 Å². The number of benzene rings is 1. The summed E-state index contributed by atoms with van der Waals surface area (Å²) in [6.07, 6.45) is 0.458. The molecule has 3 rings (SSSR count). The minimum absolute atomic E-state index is 0.00236. The summed E-state index contributed by atoms with van der Waals surface area (Å²) in [5.74, 6) is -2.97. The summed E-state index contributed by atoms with van der Waals surface area (Å²) in [6, 6.07) is 4.34. The molecule has 3 unspecified atom stereocenters. The van der Waals surface area contributed by atoms with Crippen LogP contribution in [0.15, 0.2) is 36.4 Å². The van der Waals surface area contributed by atoms with E-state index in [4.69, 9.17) is 0 Å². The Bertz CT molecular complexity index is 931. The molecule has 7 nitrogen and oxygen atoms in total. The van der Waals surface area contributed by atoms with Crippen LogP contribution in [0.25, 0.3) is 0 Å². The number of nitrogens with zero attached hydrogens (tertiary/aromatic N) is 1. The van der Waals surface area contributed by atoms with Crippen molar-refractivity contribution in [2.75, 3.05) is 11.9 Å². The molecule has 0 saturated carbocycles. The number of amides is 4. The molecule has 0 spiro atoms. The summed E-state index contributed by atoms with van der Waals surface area (Å²) in [4.78, 5) is 51.9. The van der Waals surface area contributed by atoms with Gasteiger partial charge in [0.1, 0.15) is 12.6 Å². The number of carbonyl (C=O) groups excluding carboxylic acids is 4. The molecule has 10 heteroatoms. The van der Waals surface area contributed by atoms with Gasteiger partial charge in [-0.05, 0) is 49.4 Å². The molecule has 1 heterocycles. The second-order valence-corrected chi connectivity index (χ2v) is 8.71. The average molecular weight is 465 g/mol. The van der Waals surface area contributed by atoms with Gasteiger partial charge in [0.25, 0.3) is 5.91 Å². The predicted octanol–water partition coefficient (Wildman–Crippen LogP) is 3.28. The normalized spacial score (nSPS) is 21.2. The van der Waals surface area contributed by atoms with E-state index in [9.17, 15) is 32.3 Å². The van der Waals surface area contributed by atoms with Gasteiger partial charge in [-0.25, -0.2) is 0 Å². The van der Waals surface area contributed by atoms with Crippen molar-refractivity contribution in [1.29, 1.82) is 0 Å². The molecule has 0 radical (unpaired) electrons. The van der Waals surface area contributed by atoms with Gasteiger partial charge in [0.05, 0.1) is 11.8 Å². The van der Waals surface area contributed by atoms with E-state index in [-0.39, 0.29) is 29.7 Å². The topological polar surface area (TPSA) is 95.6 Å². The fraction of sp³-hybridized carbons (Fsp3) is 0.478. The highest BCUT2D eigenvalue weighted by molar-refractivity contribution is 6.10. The van der Waals surface area contributed by atoms with Crippen LogP contribution >= 0.6 is 0 Å². The van der Waals surface area contributed by atoms with Crippen LogP contribution in [-0.4, -0.2) is 47.3 Å². The SMILES string of the molecule is CC(C)CC(C(=O)Nc1ccc(C(=O)NCC(F)(F)F)cc1)N1C(=O)C2CC=CCC2C1=O. The maximum atomic E-state index is 13.1. The Balaban J connectivity index is 1.71. The summed E-state index contributed by atoms with van der Waals surface area (Å²) < 4.78 is 36.8. The molecule has 33 heavy (non-hydrogen) atoms. The molecule has 0 bridgehead atoms. The van der Waals surface area contributed by atoms with Crippen molar-refractivity contribution in [2.45, 2.75) is 45.3 Å². The highest BCUT2D eigenvalue weighted by Gasteiger charge is 2.51. The van der Waals surface area contributed by atoms with Crippen molar-refractivity contribution < 1.29 is 32.3 Å². The summed E-state index contributed by atoms with van der Waals surface area (Å²) in [7, 11) is 0. The number of likely N-dealkylation sites (tertiary alicyclic amines) is 1. The van der Waals surface area contributed by atoms with Gasteiger partial charge in [0, 0.05) is 11.3 Å². The maximum Gasteiger partial charge on any atom is 0.405 e. The van der Waals surface area contributed by atoms with E-state index >= 15 is 0 Å². The fourth-order valence-electron chi connectivity index (χ4n) is 4.12. The third kappa shape index (κ3) is 5.80. The van der Waals surface area contributed by atoms with Crippen LogP contribution in [0.5, 0.6) is 0 Å². The lowest BCUT2D eigenvalue weighted by molar-refractivity contribution is -0.147. The summed E-state index contributed by atoms with van der Waals surface area (Å²) in [6.45, 7) is 2.32. The summed E-state index contributed by atoms with van der Waals surface area (Å²) in [5, 5.41) is 4.43. The van der Waals surface area contributed by atoms with Crippen molar-refractivity contribution in [3.63, 3.8) is 0 Å². The number of allylic oxidation sites excluding steroid dienone is 2. The number of imide groups is 1. The largest absolute Gasteiger partial charge is 0.405 e. The monoisotopic (exact) mass is 465 g/mol. The van der Waals surface area contributed by atoms with Crippen LogP contribution in [0.3, 0.4) is 0 Å². The number of hydrogen-bond acceptors (Lipinski definition) is 4. The maximum absolute atomic E-state index is 13.1. The molecule has 4 amide bonds. The Kier molecular flexibility index (Phi) is 7.24. The molecule has 1 saturated heterocycles. The Morgan fingerprint density at radius 1 is 1.03 bits per heavy atom. The van der Waals surface area contributed by atoms with E-state index < -0.39 is 42.4 Å². The first-order valence-corrected chi connectivity index (χ1v) is 10.8. The third-order valence-electron chi connectivity index (χ3n) is 5.71. The Morgan fingerprint density at radius 2 is 1.58 bits per heavy atom. The zero-order valence-corrected chi connectivity index (χ0v) is 18.3. The Morgan fingerprint density at radius 3 is 2.06 bits per heavy atom. The number of anilines is 1. The lowest BCUT2D eigenvalue weighted by Gasteiger charge is -2.27. The van der Waals surface area contributed by atoms with E-state index in [0.29, 0.717) is 18.5 Å². The zero-order chi connectivity index (χ0) is 24.3. The van der Waals surface area contributed by atoms with E-state index in [0.717, 1.165) is 4.90 Å². The Labute approximate surface area is 189 Å². The van der Waals surface area contributed by atoms with Gasteiger partial charge >= 0.3 is 6.18 Å². The van der Waals surface area contributed by atoms with E-state index in [2.05, 4.69) is 5.32 Å². The molecular formula is C23H26F3N3O4. The standard InChI is InChI=1S/C23H26F3N3O4/c1-13(2)11-18(29-21(32)16-5-3-4-6-17(16)22(29)33)20(31)28-15-9-7-14(8-10-15)19(30)27-12-23(24,25)26/h3-4,7-10,13,16-18H,5-6,11-12H2,1-2H3,(H,27,30)(H,28,31). The van der Waals surface area contributed by atoms with Crippen LogP contribution in [0.2, 0.25) is 0 Å². The molecule has 0 aromatic heterocycles. The van der Waals surface area contributed by atoms with Crippen molar-refractivity contribution in [2.24, 2.45) is 17.8 Å². The number of hydrogen-bond donors (Lipinski definition) is 2. The van der Waals surface area contributed by atoms with Crippen molar-refractivity contribution in [3.05, 3.63) is 42.0 Å². The third-order valence-corrected chi connectivity index (χ3v) is 5.71. The van der Waals surface area contributed by atoms with Crippen LogP contribution in [-0.2, 0) is 14.4 Å². The zero-order valence-electron chi connectivity index (χ0n) is 18.3. The van der Waals surface area contributed by atoms with Gasteiger partial charge in [-0.2, -0.15) is 13.2 Å². The second-order valence-electron chi connectivity index (χ2n) is 8.71. The molecule has 1 aliphatic carbocycles. The average Bonchev–Trinajstić information content (AvgIpc) is 3.00. The summed E-state index contributed by atoms with van der Waals surface area (Å²) in [5.41, 5.74) is 0.289. The second kappa shape index (κ2) is 9.76. The minimum Gasteiger partial charge on any atom is -0.343 e. The van der Waals surface area contributed by atoms with Crippen molar-refractivity contribution in [3.8, 4) is 0 Å². The Hall–Kier alpha value is -3.17. The predicted molar refractivity (Wildman–Crippen MR) is 114 cm³/mol. The van der Waals surface area contributed by atoms with Gasteiger partial charge in [0.15, 0.2) is 0 Å². The lowest BCUT2D eigenvalue weighted by atomic mass is 9.85. The highest BCUT2D eigenvalue weighted by Crippen LogP contribution is 2.37. The quantitative estimate of drug-likeness (QED) is 0.477. The molecule has 2 aliphatic rings. The number of alkyl halides is 3. The fourth-order valence-corrected chi connectivity index (χ4v) is 4.12. The first-order chi connectivity index (χ1) is 15.5. The van der Waals surface area contributed by atoms with Crippen LogP contribution in [0, 0.1) is 17.8 Å². The molecule has 1 aliphatic heterocycles. The molecule has 1 aromatic rings.